The van der Waals surface area contributed by atoms with Gasteiger partial charge in [0.2, 0.25) is 0 Å². The van der Waals surface area contributed by atoms with Crippen LogP contribution >= 0.6 is 0 Å². The fourth-order valence-corrected chi connectivity index (χ4v) is 5.04. The average Bonchev–Trinajstić information content (AvgIpc) is 3.37. The number of hydrogen-bond donors (Lipinski definition) is 1. The molecule has 1 atom stereocenters. The third-order valence-corrected chi connectivity index (χ3v) is 6.90. The van der Waals surface area contributed by atoms with E-state index >= 15 is 4.39 Å². The quantitative estimate of drug-likeness (QED) is 0.391. The highest BCUT2D eigenvalue weighted by atomic mass is 19.1. The topological polar surface area (TPSA) is 113 Å². The van der Waals surface area contributed by atoms with Crippen LogP contribution in [0.4, 0.5) is 10.2 Å². The molecular formula is C28H23FN8O. The molecule has 1 saturated heterocycles. The molecule has 0 saturated carbocycles. The van der Waals surface area contributed by atoms with Crippen LogP contribution in [0, 0.1) is 24.1 Å². The second kappa shape index (κ2) is 9.61. The summed E-state index contributed by atoms with van der Waals surface area (Å²) in [4.78, 5) is 24.6. The van der Waals surface area contributed by atoms with E-state index in [0.717, 1.165) is 35.7 Å². The molecule has 1 N–H and O–H groups in total. The van der Waals surface area contributed by atoms with E-state index in [-0.39, 0.29) is 17.3 Å². The number of piperidine rings is 1. The molecule has 38 heavy (non-hydrogen) atoms. The number of rotatable bonds is 4. The highest BCUT2D eigenvalue weighted by molar-refractivity contribution is 6.11. The van der Waals surface area contributed by atoms with Gasteiger partial charge in [-0.2, -0.15) is 9.94 Å². The van der Waals surface area contributed by atoms with Crippen molar-refractivity contribution < 1.29 is 9.18 Å². The number of nitrogens with one attached hydrogen (secondary N) is 1. The largest absolute Gasteiger partial charge is 0.315 e. The summed E-state index contributed by atoms with van der Waals surface area (Å²) in [5.41, 5.74) is 2.26. The first-order chi connectivity index (χ1) is 18.5. The molecule has 0 radical (unpaired) electrons. The van der Waals surface area contributed by atoms with Gasteiger partial charge in [-0.15, -0.1) is 5.10 Å². The molecule has 3 aromatic heterocycles. The zero-order valence-corrected chi connectivity index (χ0v) is 20.6. The summed E-state index contributed by atoms with van der Waals surface area (Å²) in [6.07, 6.45) is 3.36. The molecule has 188 valence electrons. The van der Waals surface area contributed by atoms with Crippen molar-refractivity contribution in [1.29, 1.82) is 5.26 Å². The minimum absolute atomic E-state index is 0.0678. The number of pyridine rings is 2. The Balaban J connectivity index is 1.44. The van der Waals surface area contributed by atoms with Gasteiger partial charge in [-0.3, -0.25) is 9.69 Å². The van der Waals surface area contributed by atoms with E-state index in [9.17, 15) is 10.1 Å². The maximum Gasteiger partial charge on any atom is 0.262 e. The Hall–Kier alpha value is -4.75. The van der Waals surface area contributed by atoms with Gasteiger partial charge in [-0.25, -0.2) is 14.4 Å². The minimum Gasteiger partial charge on any atom is -0.315 e. The van der Waals surface area contributed by atoms with E-state index in [0.29, 0.717) is 29.2 Å². The van der Waals surface area contributed by atoms with Gasteiger partial charge in [0, 0.05) is 24.2 Å². The Morgan fingerprint density at radius 2 is 2.11 bits per heavy atom. The maximum atomic E-state index is 15.7. The molecule has 0 spiro atoms. The monoisotopic (exact) mass is 506 g/mol. The first-order valence-electron chi connectivity index (χ1n) is 12.4. The first-order valence-corrected chi connectivity index (χ1v) is 12.4. The van der Waals surface area contributed by atoms with E-state index < -0.39 is 11.7 Å². The second-order valence-electron chi connectivity index (χ2n) is 9.30. The number of aryl methyl sites for hydroxylation is 1. The molecule has 1 amide bonds. The molecule has 5 aromatic rings. The third kappa shape index (κ3) is 4.03. The molecule has 1 aliphatic rings. The number of nitriles is 1. The summed E-state index contributed by atoms with van der Waals surface area (Å²) in [6, 6.07) is 17.1. The van der Waals surface area contributed by atoms with E-state index in [4.69, 9.17) is 0 Å². The highest BCUT2D eigenvalue weighted by Crippen LogP contribution is 2.32. The smallest absolute Gasteiger partial charge is 0.262 e. The lowest BCUT2D eigenvalue weighted by Crippen LogP contribution is -2.49. The zero-order valence-electron chi connectivity index (χ0n) is 20.6. The van der Waals surface area contributed by atoms with E-state index in [1.807, 2.05) is 37.3 Å². The lowest BCUT2D eigenvalue weighted by molar-refractivity contribution is 0.0968. The van der Waals surface area contributed by atoms with Crippen LogP contribution in [0.3, 0.4) is 0 Å². The van der Waals surface area contributed by atoms with Crippen molar-refractivity contribution in [2.45, 2.75) is 25.8 Å². The van der Waals surface area contributed by atoms with Crippen LogP contribution < -0.4 is 10.2 Å². The van der Waals surface area contributed by atoms with Crippen LogP contribution in [0.25, 0.3) is 27.6 Å². The third-order valence-electron chi connectivity index (χ3n) is 6.90. The van der Waals surface area contributed by atoms with Crippen molar-refractivity contribution >= 4 is 33.7 Å². The maximum absolute atomic E-state index is 15.7. The van der Waals surface area contributed by atoms with Gasteiger partial charge in [-0.1, -0.05) is 23.4 Å². The molecular weight excluding hydrogens is 483 g/mol. The second-order valence-corrected chi connectivity index (χ2v) is 9.30. The summed E-state index contributed by atoms with van der Waals surface area (Å²) in [6.45, 7) is 3.45. The number of benzene rings is 2. The minimum atomic E-state index is -0.696. The number of halogens is 1. The Kier molecular flexibility index (Phi) is 5.98. The fraction of sp³-hybridized carbons (Fsp3) is 0.214. The summed E-state index contributed by atoms with van der Waals surface area (Å²) in [5, 5.41) is 22.5. The predicted molar refractivity (Wildman–Crippen MR) is 141 cm³/mol. The predicted octanol–water partition coefficient (Wildman–Crippen LogP) is 4.08. The van der Waals surface area contributed by atoms with Gasteiger partial charge >= 0.3 is 0 Å². The molecule has 9 nitrogen and oxygen atoms in total. The number of fused-ring (bicyclic) bond motifs is 2. The summed E-state index contributed by atoms with van der Waals surface area (Å²) in [5.74, 6) is -0.629. The molecule has 0 bridgehead atoms. The Labute approximate surface area is 217 Å². The van der Waals surface area contributed by atoms with E-state index in [1.54, 1.807) is 29.3 Å². The molecule has 4 heterocycles. The van der Waals surface area contributed by atoms with Crippen molar-refractivity contribution in [2.24, 2.45) is 0 Å². The molecule has 10 heteroatoms. The number of carbonyl (C=O) groups is 1. The van der Waals surface area contributed by atoms with Gasteiger partial charge in [0.15, 0.2) is 5.65 Å². The van der Waals surface area contributed by atoms with Crippen LogP contribution in [0.5, 0.6) is 0 Å². The van der Waals surface area contributed by atoms with Crippen LogP contribution in [0.2, 0.25) is 0 Å². The Morgan fingerprint density at radius 1 is 1.21 bits per heavy atom. The SMILES string of the molecule is Cc1cccc2ccnc(N(C(=O)c3ccc(-n4nnc5ccc(C#N)nc54)cc3F)[C@@H]3CCCNC3)c12. The van der Waals surface area contributed by atoms with Gasteiger partial charge < -0.3 is 5.32 Å². The molecule has 0 unspecified atom stereocenters. The number of aromatic nitrogens is 5. The summed E-state index contributed by atoms with van der Waals surface area (Å²) >= 11 is 0. The molecule has 6 rings (SSSR count). The molecule has 1 aliphatic heterocycles. The Bertz CT molecular complexity index is 1730. The van der Waals surface area contributed by atoms with Crippen LogP contribution in [0.15, 0.2) is 60.8 Å². The van der Waals surface area contributed by atoms with Gasteiger partial charge in [0.25, 0.3) is 5.91 Å². The number of amides is 1. The van der Waals surface area contributed by atoms with Crippen LogP contribution in [0.1, 0.15) is 34.5 Å². The van der Waals surface area contributed by atoms with Crippen molar-refractivity contribution in [1.82, 2.24) is 30.3 Å². The van der Waals surface area contributed by atoms with Gasteiger partial charge in [-0.05, 0) is 67.6 Å². The normalized spacial score (nSPS) is 15.4. The lowest BCUT2D eigenvalue weighted by atomic mass is 10.0. The number of hydrogen-bond acceptors (Lipinski definition) is 7. The number of carbonyl (C=O) groups excluding carboxylic acids is 1. The van der Waals surface area contributed by atoms with E-state index in [2.05, 4.69) is 25.6 Å². The standard InChI is InChI=1S/C28H23FN8O/c1-17-4-2-5-18-11-13-32-27(25(17)18)36(21-6-3-12-31-16-21)28(38)22-9-8-20(14-23(22)29)37-26-24(34-35-37)10-7-19(15-30)33-26/h2,4-5,7-11,13-14,21,31H,3,6,12,16H2,1H3/t21-/m1/s1. The van der Waals surface area contributed by atoms with Gasteiger partial charge in [0.05, 0.1) is 17.3 Å². The van der Waals surface area contributed by atoms with Crippen molar-refractivity contribution in [3.05, 3.63) is 83.4 Å². The van der Waals surface area contributed by atoms with Crippen LogP contribution in [-0.2, 0) is 0 Å². The van der Waals surface area contributed by atoms with Crippen molar-refractivity contribution in [3.8, 4) is 11.8 Å². The fourth-order valence-electron chi connectivity index (χ4n) is 5.04. The molecule has 0 aliphatic carbocycles. The highest BCUT2D eigenvalue weighted by Gasteiger charge is 2.32. The van der Waals surface area contributed by atoms with Crippen molar-refractivity contribution in [2.75, 3.05) is 18.0 Å². The van der Waals surface area contributed by atoms with Crippen LogP contribution in [-0.4, -0.2) is 50.0 Å². The first kappa shape index (κ1) is 23.6. The van der Waals surface area contributed by atoms with E-state index in [1.165, 1.54) is 16.8 Å². The van der Waals surface area contributed by atoms with Crippen molar-refractivity contribution in [3.63, 3.8) is 0 Å². The van der Waals surface area contributed by atoms with Gasteiger partial charge in [0.1, 0.15) is 28.9 Å². The number of nitrogens with zero attached hydrogens (tertiary/aromatic N) is 7. The summed E-state index contributed by atoms with van der Waals surface area (Å²) < 4.78 is 17.0. The number of anilines is 1. The zero-order chi connectivity index (χ0) is 26.2. The summed E-state index contributed by atoms with van der Waals surface area (Å²) in [7, 11) is 0. The Morgan fingerprint density at radius 3 is 2.89 bits per heavy atom. The molecule has 2 aromatic carbocycles. The molecule has 1 fully saturated rings. The lowest BCUT2D eigenvalue weighted by Gasteiger charge is -2.35. The average molecular weight is 507 g/mol.